The van der Waals surface area contributed by atoms with Crippen LogP contribution in [0, 0.1) is 0 Å². The summed E-state index contributed by atoms with van der Waals surface area (Å²) >= 11 is 0. The first-order chi connectivity index (χ1) is 10.1. The Bertz CT molecular complexity index is 697. The molecule has 0 aliphatic heterocycles. The lowest BCUT2D eigenvalue weighted by molar-refractivity contribution is 0.0697. The Morgan fingerprint density at radius 1 is 1.33 bits per heavy atom. The van der Waals surface area contributed by atoms with E-state index < -0.39 is 5.97 Å². The summed E-state index contributed by atoms with van der Waals surface area (Å²) in [4.78, 5) is 13.4. The van der Waals surface area contributed by atoms with E-state index in [1.165, 1.54) is 17.2 Å². The molecule has 1 unspecified atom stereocenters. The average Bonchev–Trinajstić information content (AvgIpc) is 2.44. The molecule has 0 saturated carbocycles. The fourth-order valence-electron chi connectivity index (χ4n) is 3.01. The third-order valence-electron chi connectivity index (χ3n) is 4.12. The van der Waals surface area contributed by atoms with E-state index in [-0.39, 0.29) is 5.56 Å². The van der Waals surface area contributed by atoms with E-state index in [0.717, 1.165) is 13.0 Å². The number of likely N-dealkylation sites (N-methyl/N-ethyl adjacent to an activating group) is 1. The highest BCUT2D eigenvalue weighted by atomic mass is 16.4. The van der Waals surface area contributed by atoms with Gasteiger partial charge in [0.1, 0.15) is 0 Å². The van der Waals surface area contributed by atoms with Crippen LogP contribution in [0.5, 0.6) is 0 Å². The van der Waals surface area contributed by atoms with Crippen LogP contribution in [-0.2, 0) is 6.42 Å². The van der Waals surface area contributed by atoms with Crippen molar-refractivity contribution in [1.82, 2.24) is 0 Å². The van der Waals surface area contributed by atoms with Gasteiger partial charge in [0.2, 0.25) is 0 Å². The SMILES string of the molecule is CN(CC1Cc2ccccc21)c1ccc(N)cc1C(=O)O. The largest absolute Gasteiger partial charge is 0.478 e. The third-order valence-corrected chi connectivity index (χ3v) is 4.12. The minimum atomic E-state index is -0.946. The number of benzene rings is 2. The molecule has 0 aromatic heterocycles. The molecule has 0 radical (unpaired) electrons. The third kappa shape index (κ3) is 2.44. The summed E-state index contributed by atoms with van der Waals surface area (Å²) in [5.74, 6) is -0.483. The Morgan fingerprint density at radius 3 is 2.81 bits per heavy atom. The van der Waals surface area contributed by atoms with Crippen LogP contribution in [0.1, 0.15) is 27.4 Å². The Balaban J connectivity index is 1.81. The zero-order chi connectivity index (χ0) is 15.0. The first-order valence-corrected chi connectivity index (χ1v) is 6.98. The number of anilines is 2. The Labute approximate surface area is 123 Å². The van der Waals surface area contributed by atoms with Crippen LogP contribution in [0.15, 0.2) is 42.5 Å². The second-order valence-corrected chi connectivity index (χ2v) is 5.56. The van der Waals surface area contributed by atoms with Crippen LogP contribution in [0.2, 0.25) is 0 Å². The van der Waals surface area contributed by atoms with Crippen molar-refractivity contribution in [2.75, 3.05) is 24.2 Å². The highest BCUT2D eigenvalue weighted by Crippen LogP contribution is 2.36. The Kier molecular flexibility index (Phi) is 3.29. The van der Waals surface area contributed by atoms with Crippen molar-refractivity contribution < 1.29 is 9.90 Å². The molecule has 1 aliphatic rings. The molecular formula is C17H18N2O2. The molecule has 0 bridgehead atoms. The van der Waals surface area contributed by atoms with Gasteiger partial charge in [0.15, 0.2) is 0 Å². The first kappa shape index (κ1) is 13.5. The van der Waals surface area contributed by atoms with Gasteiger partial charge in [-0.3, -0.25) is 0 Å². The van der Waals surface area contributed by atoms with Crippen molar-refractivity contribution in [3.05, 3.63) is 59.2 Å². The molecule has 108 valence electrons. The van der Waals surface area contributed by atoms with E-state index in [4.69, 9.17) is 5.73 Å². The van der Waals surface area contributed by atoms with Gasteiger partial charge in [-0.25, -0.2) is 4.79 Å². The fraction of sp³-hybridized carbons (Fsp3) is 0.235. The fourth-order valence-corrected chi connectivity index (χ4v) is 3.01. The van der Waals surface area contributed by atoms with E-state index in [0.29, 0.717) is 17.3 Å². The second kappa shape index (κ2) is 5.13. The van der Waals surface area contributed by atoms with Gasteiger partial charge in [-0.15, -0.1) is 0 Å². The van der Waals surface area contributed by atoms with Crippen molar-refractivity contribution in [3.8, 4) is 0 Å². The van der Waals surface area contributed by atoms with Crippen molar-refractivity contribution >= 4 is 17.3 Å². The summed E-state index contributed by atoms with van der Waals surface area (Å²) < 4.78 is 0. The van der Waals surface area contributed by atoms with Gasteiger partial charge in [-0.1, -0.05) is 24.3 Å². The average molecular weight is 282 g/mol. The molecule has 1 aliphatic carbocycles. The minimum absolute atomic E-state index is 0.255. The van der Waals surface area contributed by atoms with E-state index >= 15 is 0 Å². The Hall–Kier alpha value is -2.49. The number of nitrogens with zero attached hydrogens (tertiary/aromatic N) is 1. The summed E-state index contributed by atoms with van der Waals surface area (Å²) in [5.41, 5.74) is 9.89. The molecule has 0 fully saturated rings. The van der Waals surface area contributed by atoms with Crippen LogP contribution < -0.4 is 10.6 Å². The van der Waals surface area contributed by atoms with Gasteiger partial charge in [0.25, 0.3) is 0 Å². The van der Waals surface area contributed by atoms with E-state index in [9.17, 15) is 9.90 Å². The second-order valence-electron chi connectivity index (χ2n) is 5.56. The van der Waals surface area contributed by atoms with E-state index in [1.807, 2.05) is 11.9 Å². The molecule has 0 spiro atoms. The lowest BCUT2D eigenvalue weighted by Gasteiger charge is -2.34. The van der Waals surface area contributed by atoms with Gasteiger partial charge in [0.05, 0.1) is 11.3 Å². The number of aromatic carboxylic acids is 1. The van der Waals surface area contributed by atoms with Gasteiger partial charge in [0, 0.05) is 25.2 Å². The van der Waals surface area contributed by atoms with Crippen LogP contribution in [-0.4, -0.2) is 24.7 Å². The maximum absolute atomic E-state index is 11.4. The highest BCUT2D eigenvalue weighted by Gasteiger charge is 2.27. The van der Waals surface area contributed by atoms with Crippen LogP contribution in [0.4, 0.5) is 11.4 Å². The van der Waals surface area contributed by atoms with Crippen LogP contribution >= 0.6 is 0 Å². The number of hydrogen-bond donors (Lipinski definition) is 2. The molecule has 0 saturated heterocycles. The Morgan fingerprint density at radius 2 is 2.10 bits per heavy atom. The smallest absolute Gasteiger partial charge is 0.337 e. The first-order valence-electron chi connectivity index (χ1n) is 6.98. The van der Waals surface area contributed by atoms with Gasteiger partial charge in [-0.05, 0) is 35.7 Å². The molecule has 0 heterocycles. The van der Waals surface area contributed by atoms with Crippen molar-refractivity contribution in [2.45, 2.75) is 12.3 Å². The van der Waals surface area contributed by atoms with Crippen molar-refractivity contribution in [3.63, 3.8) is 0 Å². The van der Waals surface area contributed by atoms with Crippen LogP contribution in [0.3, 0.4) is 0 Å². The lowest BCUT2D eigenvalue weighted by Crippen LogP contribution is -2.31. The van der Waals surface area contributed by atoms with Gasteiger partial charge in [-0.2, -0.15) is 0 Å². The number of fused-ring (bicyclic) bond motifs is 1. The number of nitrogen functional groups attached to an aromatic ring is 1. The molecule has 3 rings (SSSR count). The molecule has 2 aromatic rings. The summed E-state index contributed by atoms with van der Waals surface area (Å²) in [6.45, 7) is 0.807. The zero-order valence-corrected chi connectivity index (χ0v) is 11.9. The minimum Gasteiger partial charge on any atom is -0.478 e. The normalized spacial score (nSPS) is 16.0. The van der Waals surface area contributed by atoms with E-state index in [2.05, 4.69) is 24.3 Å². The molecule has 4 nitrogen and oxygen atoms in total. The highest BCUT2D eigenvalue weighted by molar-refractivity contribution is 5.95. The maximum Gasteiger partial charge on any atom is 0.337 e. The zero-order valence-electron chi connectivity index (χ0n) is 11.9. The maximum atomic E-state index is 11.4. The summed E-state index contributed by atoms with van der Waals surface area (Å²) in [6, 6.07) is 13.5. The molecular weight excluding hydrogens is 264 g/mol. The van der Waals surface area contributed by atoms with Crippen molar-refractivity contribution in [1.29, 1.82) is 0 Å². The number of carboxylic acid groups (broad SMARTS) is 1. The quantitative estimate of drug-likeness (QED) is 0.846. The molecule has 1 atom stereocenters. The number of hydrogen-bond acceptors (Lipinski definition) is 3. The number of carboxylic acids is 1. The molecule has 4 heteroatoms. The number of carbonyl (C=O) groups is 1. The lowest BCUT2D eigenvalue weighted by atomic mass is 9.77. The topological polar surface area (TPSA) is 66.6 Å². The van der Waals surface area contributed by atoms with Gasteiger partial charge < -0.3 is 15.7 Å². The van der Waals surface area contributed by atoms with Crippen LogP contribution in [0.25, 0.3) is 0 Å². The number of rotatable bonds is 4. The predicted octanol–water partition coefficient (Wildman–Crippen LogP) is 2.74. The predicted molar refractivity (Wildman–Crippen MR) is 84.0 cm³/mol. The summed E-state index contributed by atoms with van der Waals surface area (Å²) in [6.07, 6.45) is 1.05. The monoisotopic (exact) mass is 282 g/mol. The van der Waals surface area contributed by atoms with Gasteiger partial charge >= 0.3 is 5.97 Å². The van der Waals surface area contributed by atoms with Crippen molar-refractivity contribution in [2.24, 2.45) is 0 Å². The summed E-state index contributed by atoms with van der Waals surface area (Å²) in [5, 5.41) is 9.32. The standard InChI is InChI=1S/C17H18N2O2/c1-19(10-12-8-11-4-2-3-5-14(11)12)16-7-6-13(18)9-15(16)17(20)21/h2-7,9,12H,8,10,18H2,1H3,(H,20,21). The molecule has 21 heavy (non-hydrogen) atoms. The molecule has 2 aromatic carbocycles. The molecule has 0 amide bonds. The molecule has 3 N–H and O–H groups in total. The number of nitrogens with two attached hydrogens (primary N) is 1. The van der Waals surface area contributed by atoms with E-state index in [1.54, 1.807) is 12.1 Å². The summed E-state index contributed by atoms with van der Waals surface area (Å²) in [7, 11) is 1.93.